The zero-order valence-corrected chi connectivity index (χ0v) is 18.7. The minimum absolute atomic E-state index is 0.352. The Morgan fingerprint density at radius 3 is 2.90 bits per heavy atom. The van der Waals surface area contributed by atoms with Crippen LogP contribution in [0, 0.1) is 6.92 Å². The first-order chi connectivity index (χ1) is 15.0. The largest absolute Gasteiger partial charge is 0.324 e. The van der Waals surface area contributed by atoms with Crippen LogP contribution in [0.4, 0.5) is 16.3 Å². The molecule has 2 heterocycles. The number of halogens is 1. The van der Waals surface area contributed by atoms with Crippen molar-refractivity contribution in [2.24, 2.45) is 0 Å². The van der Waals surface area contributed by atoms with E-state index in [9.17, 15) is 4.79 Å². The lowest BCUT2D eigenvalue weighted by atomic mass is 10.0. The van der Waals surface area contributed by atoms with Crippen molar-refractivity contribution in [3.8, 4) is 5.69 Å². The molecule has 1 aliphatic heterocycles. The number of unbranched alkanes of at least 4 members (excludes halogenated alkanes) is 1. The third-order valence-corrected chi connectivity index (χ3v) is 6.05. The Labute approximate surface area is 188 Å². The van der Waals surface area contributed by atoms with Crippen molar-refractivity contribution in [1.82, 2.24) is 15.1 Å². The first-order valence-electron chi connectivity index (χ1n) is 10.8. The Hall–Kier alpha value is -2.83. The molecule has 3 N–H and O–H groups in total. The Morgan fingerprint density at radius 2 is 2.06 bits per heavy atom. The molecule has 0 unspecified atom stereocenters. The lowest BCUT2D eigenvalue weighted by molar-refractivity contribution is 0.262. The number of anilines is 2. The van der Waals surface area contributed by atoms with E-state index in [0.29, 0.717) is 16.5 Å². The molecule has 2 aromatic carbocycles. The number of hydrogen-bond donors (Lipinski definition) is 3. The summed E-state index contributed by atoms with van der Waals surface area (Å²) in [5.74, 6) is 0.635. The average molecular weight is 438 g/mol. The maximum atomic E-state index is 12.8. The van der Waals surface area contributed by atoms with Crippen molar-refractivity contribution in [3.05, 3.63) is 69.9 Å². The molecule has 4 rings (SSSR count). The van der Waals surface area contributed by atoms with Gasteiger partial charge in [-0.1, -0.05) is 43.1 Å². The molecule has 0 atom stereocenters. The first kappa shape index (κ1) is 21.4. The topological polar surface area (TPSA) is 71.0 Å². The molecule has 162 valence electrons. The number of amides is 2. The predicted molar refractivity (Wildman–Crippen MR) is 126 cm³/mol. The summed E-state index contributed by atoms with van der Waals surface area (Å²) in [6, 6.07) is 13.5. The van der Waals surface area contributed by atoms with Crippen LogP contribution in [0.15, 0.2) is 42.5 Å². The molecule has 0 fully saturated rings. The van der Waals surface area contributed by atoms with Gasteiger partial charge in [-0.25, -0.2) is 9.48 Å². The smallest absolute Gasteiger partial charge is 0.312 e. The second kappa shape index (κ2) is 9.54. The van der Waals surface area contributed by atoms with Gasteiger partial charge in [-0.15, -0.1) is 0 Å². The molecule has 6 nitrogen and oxygen atoms in total. The maximum Gasteiger partial charge on any atom is 0.324 e. The number of rotatable bonds is 6. The van der Waals surface area contributed by atoms with E-state index in [4.69, 9.17) is 16.7 Å². The lowest BCUT2D eigenvalue weighted by Crippen LogP contribution is -2.24. The zero-order valence-electron chi connectivity index (χ0n) is 18.0. The second-order valence-corrected chi connectivity index (χ2v) is 8.31. The van der Waals surface area contributed by atoms with Gasteiger partial charge in [0.05, 0.1) is 22.1 Å². The Morgan fingerprint density at radius 1 is 1.19 bits per heavy atom. The van der Waals surface area contributed by atoms with Crippen molar-refractivity contribution in [3.63, 3.8) is 0 Å². The minimum atomic E-state index is -0.352. The number of hydrogen-bond acceptors (Lipinski definition) is 3. The zero-order chi connectivity index (χ0) is 21.8. The third-order valence-electron chi connectivity index (χ3n) is 5.55. The highest BCUT2D eigenvalue weighted by atomic mass is 35.5. The number of nitrogens with one attached hydrogen (secondary N) is 3. The van der Waals surface area contributed by atoms with Crippen LogP contribution in [0.5, 0.6) is 0 Å². The molecular formula is C24H28ClN5O. The number of urea groups is 1. The van der Waals surface area contributed by atoms with Crippen LogP contribution in [0.25, 0.3) is 5.69 Å². The van der Waals surface area contributed by atoms with Gasteiger partial charge in [-0.3, -0.25) is 5.32 Å². The molecular weight excluding hydrogens is 410 g/mol. The number of aryl methyl sites for hydroxylation is 2. The normalized spacial score (nSPS) is 13.0. The van der Waals surface area contributed by atoms with Crippen molar-refractivity contribution in [2.75, 3.05) is 17.2 Å². The van der Waals surface area contributed by atoms with Crippen molar-refractivity contribution in [2.45, 2.75) is 46.1 Å². The molecule has 0 radical (unpaired) electrons. The van der Waals surface area contributed by atoms with Gasteiger partial charge in [0.1, 0.15) is 5.82 Å². The summed E-state index contributed by atoms with van der Waals surface area (Å²) < 4.78 is 1.82. The summed E-state index contributed by atoms with van der Waals surface area (Å²) in [4.78, 5) is 12.8. The van der Waals surface area contributed by atoms with Gasteiger partial charge in [0.25, 0.3) is 0 Å². The number of benzene rings is 2. The van der Waals surface area contributed by atoms with Gasteiger partial charge < -0.3 is 10.6 Å². The van der Waals surface area contributed by atoms with E-state index in [1.165, 1.54) is 11.1 Å². The SMILES string of the molecule is CCCCc1cc(NC(=O)Nc2cccc(C)c2Cl)n(-c2ccc3c(c2)CNCC3)n1. The molecule has 0 spiro atoms. The maximum absolute atomic E-state index is 12.8. The highest BCUT2D eigenvalue weighted by molar-refractivity contribution is 6.34. The Bertz CT molecular complexity index is 1090. The molecule has 0 bridgehead atoms. The molecule has 2 amide bonds. The molecule has 7 heteroatoms. The standard InChI is InChI=1S/C24H28ClN5O/c1-3-4-7-19-14-22(28-24(31)27-21-8-5-6-16(2)23(21)25)30(29-19)20-10-9-17-11-12-26-15-18(17)13-20/h5-6,8-10,13-14,26H,3-4,7,11-12,15H2,1-2H3,(H2,27,28,31). The van der Waals surface area contributed by atoms with Crippen LogP contribution in [-0.2, 0) is 19.4 Å². The molecule has 0 saturated heterocycles. The molecule has 31 heavy (non-hydrogen) atoms. The van der Waals surface area contributed by atoms with Crippen LogP contribution >= 0.6 is 11.6 Å². The summed E-state index contributed by atoms with van der Waals surface area (Å²) in [6.07, 6.45) is 4.04. The fourth-order valence-electron chi connectivity index (χ4n) is 3.81. The van der Waals surface area contributed by atoms with Gasteiger partial charge >= 0.3 is 6.03 Å². The van der Waals surface area contributed by atoms with Gasteiger partial charge in [-0.2, -0.15) is 5.10 Å². The van der Waals surface area contributed by atoms with Crippen molar-refractivity contribution < 1.29 is 4.79 Å². The van der Waals surface area contributed by atoms with Gasteiger partial charge in [0, 0.05) is 12.6 Å². The molecule has 0 saturated carbocycles. The predicted octanol–water partition coefficient (Wildman–Crippen LogP) is 5.47. The monoisotopic (exact) mass is 437 g/mol. The van der Waals surface area contributed by atoms with E-state index in [-0.39, 0.29) is 6.03 Å². The quantitative estimate of drug-likeness (QED) is 0.479. The van der Waals surface area contributed by atoms with Gasteiger partial charge in [0.2, 0.25) is 0 Å². The Kier molecular flexibility index (Phi) is 6.59. The van der Waals surface area contributed by atoms with E-state index < -0.39 is 0 Å². The summed E-state index contributed by atoms with van der Waals surface area (Å²) in [7, 11) is 0. The molecule has 1 aromatic heterocycles. The summed E-state index contributed by atoms with van der Waals surface area (Å²) in [5, 5.41) is 14.5. The summed E-state index contributed by atoms with van der Waals surface area (Å²) in [6.45, 7) is 5.92. The number of fused-ring (bicyclic) bond motifs is 1. The first-order valence-corrected chi connectivity index (χ1v) is 11.2. The van der Waals surface area contributed by atoms with Gasteiger partial charge in [0.15, 0.2) is 0 Å². The fraction of sp³-hybridized carbons (Fsp3) is 0.333. The summed E-state index contributed by atoms with van der Waals surface area (Å²) >= 11 is 6.33. The molecule has 1 aliphatic rings. The lowest BCUT2D eigenvalue weighted by Gasteiger charge is -2.18. The highest BCUT2D eigenvalue weighted by Crippen LogP contribution is 2.26. The third kappa shape index (κ3) is 4.92. The average Bonchev–Trinajstić information content (AvgIpc) is 3.17. The van der Waals surface area contributed by atoms with Crippen LogP contribution in [0.3, 0.4) is 0 Å². The van der Waals surface area contributed by atoms with Crippen LogP contribution in [0.2, 0.25) is 5.02 Å². The van der Waals surface area contributed by atoms with E-state index >= 15 is 0 Å². The van der Waals surface area contributed by atoms with Crippen molar-refractivity contribution in [1.29, 1.82) is 0 Å². The van der Waals surface area contributed by atoms with Crippen LogP contribution < -0.4 is 16.0 Å². The molecule has 0 aliphatic carbocycles. The number of aromatic nitrogens is 2. The second-order valence-electron chi connectivity index (χ2n) is 7.93. The van der Waals surface area contributed by atoms with E-state index in [2.05, 4.69) is 41.1 Å². The number of carbonyl (C=O) groups is 1. The molecule has 3 aromatic rings. The van der Waals surface area contributed by atoms with E-state index in [1.807, 2.05) is 29.8 Å². The number of nitrogens with zero attached hydrogens (tertiary/aromatic N) is 2. The summed E-state index contributed by atoms with van der Waals surface area (Å²) in [5.41, 5.74) is 6.03. The highest BCUT2D eigenvalue weighted by Gasteiger charge is 2.16. The van der Waals surface area contributed by atoms with Crippen molar-refractivity contribution >= 4 is 29.1 Å². The fourth-order valence-corrected chi connectivity index (χ4v) is 3.98. The van der Waals surface area contributed by atoms with E-state index in [0.717, 1.165) is 55.7 Å². The Balaban J connectivity index is 1.61. The van der Waals surface area contributed by atoms with Crippen LogP contribution in [-0.4, -0.2) is 22.4 Å². The van der Waals surface area contributed by atoms with E-state index in [1.54, 1.807) is 6.07 Å². The van der Waals surface area contributed by atoms with Crippen LogP contribution in [0.1, 0.15) is 42.1 Å². The minimum Gasteiger partial charge on any atom is -0.312 e. The number of carbonyl (C=O) groups excluding carboxylic acids is 1. The van der Waals surface area contributed by atoms with Gasteiger partial charge in [-0.05, 0) is 67.6 Å².